The zero-order valence-electron chi connectivity index (χ0n) is 16.8. The standard InChI is InChI=1S/C24H24N2O4/c1-26(13-14-6-3-2-4-7-14)23(28)15-8-5-9-17(10-15)25-22(27)20-16-11-18-19(12-16)30-24(29)21(18)20/h2-10,16,18-21H,11-13H2,1H3,(H,25,27). The van der Waals surface area contributed by atoms with E-state index in [0.29, 0.717) is 17.8 Å². The zero-order valence-corrected chi connectivity index (χ0v) is 16.8. The molecule has 1 saturated heterocycles. The van der Waals surface area contributed by atoms with Crippen LogP contribution in [0.4, 0.5) is 5.69 Å². The van der Waals surface area contributed by atoms with Crippen molar-refractivity contribution in [3.63, 3.8) is 0 Å². The first-order valence-corrected chi connectivity index (χ1v) is 10.4. The minimum atomic E-state index is -0.332. The van der Waals surface area contributed by atoms with E-state index in [0.717, 1.165) is 18.4 Å². The molecular formula is C24H24N2O4. The lowest BCUT2D eigenvalue weighted by Crippen LogP contribution is -2.35. The third-order valence-electron chi connectivity index (χ3n) is 6.77. The van der Waals surface area contributed by atoms with Gasteiger partial charge >= 0.3 is 5.97 Å². The van der Waals surface area contributed by atoms with Crippen LogP contribution in [0.2, 0.25) is 0 Å². The van der Waals surface area contributed by atoms with E-state index in [9.17, 15) is 14.4 Å². The number of hydrogen-bond acceptors (Lipinski definition) is 4. The van der Waals surface area contributed by atoms with Crippen molar-refractivity contribution in [2.24, 2.45) is 23.7 Å². The largest absolute Gasteiger partial charge is 0.462 e. The molecule has 6 heteroatoms. The molecule has 3 fully saturated rings. The molecule has 0 spiro atoms. The maximum Gasteiger partial charge on any atom is 0.310 e. The van der Waals surface area contributed by atoms with Crippen LogP contribution in [0.5, 0.6) is 0 Å². The fraction of sp³-hybridized carbons (Fsp3) is 0.375. The van der Waals surface area contributed by atoms with E-state index in [-0.39, 0.29) is 47.6 Å². The highest BCUT2D eigenvalue weighted by Crippen LogP contribution is 2.57. The second-order valence-electron chi connectivity index (χ2n) is 8.64. The van der Waals surface area contributed by atoms with Crippen LogP contribution in [0, 0.1) is 23.7 Å². The maximum atomic E-state index is 13.0. The van der Waals surface area contributed by atoms with Gasteiger partial charge in [0.1, 0.15) is 6.10 Å². The number of esters is 1. The Morgan fingerprint density at radius 1 is 1.10 bits per heavy atom. The molecule has 5 rings (SSSR count). The van der Waals surface area contributed by atoms with Crippen molar-refractivity contribution < 1.29 is 19.1 Å². The minimum Gasteiger partial charge on any atom is -0.462 e. The third-order valence-corrected chi connectivity index (χ3v) is 6.77. The number of carbonyl (C=O) groups is 3. The average molecular weight is 404 g/mol. The van der Waals surface area contributed by atoms with Crippen molar-refractivity contribution in [1.82, 2.24) is 4.90 Å². The molecule has 2 amide bonds. The first-order valence-electron chi connectivity index (χ1n) is 10.4. The second kappa shape index (κ2) is 7.27. The van der Waals surface area contributed by atoms with Gasteiger partial charge in [-0.05, 0) is 42.5 Å². The highest BCUT2D eigenvalue weighted by molar-refractivity contribution is 5.99. The summed E-state index contributed by atoms with van der Waals surface area (Å²) >= 11 is 0. The van der Waals surface area contributed by atoms with Crippen LogP contribution in [0.25, 0.3) is 0 Å². The number of rotatable bonds is 5. The number of nitrogens with one attached hydrogen (secondary N) is 1. The molecule has 0 radical (unpaired) electrons. The van der Waals surface area contributed by atoms with E-state index in [1.54, 1.807) is 36.2 Å². The molecule has 2 aliphatic carbocycles. The summed E-state index contributed by atoms with van der Waals surface area (Å²) in [5.41, 5.74) is 2.14. The Morgan fingerprint density at radius 2 is 1.90 bits per heavy atom. The van der Waals surface area contributed by atoms with E-state index < -0.39 is 0 Å². The number of nitrogens with zero attached hydrogens (tertiary/aromatic N) is 1. The van der Waals surface area contributed by atoms with Crippen molar-refractivity contribution in [2.75, 3.05) is 12.4 Å². The molecular weight excluding hydrogens is 380 g/mol. The molecule has 1 heterocycles. The number of hydrogen-bond donors (Lipinski definition) is 1. The fourth-order valence-electron chi connectivity index (χ4n) is 5.47. The van der Waals surface area contributed by atoms with Crippen LogP contribution in [0.3, 0.4) is 0 Å². The van der Waals surface area contributed by atoms with Crippen LogP contribution in [0.15, 0.2) is 54.6 Å². The fourth-order valence-corrected chi connectivity index (χ4v) is 5.47. The molecule has 1 N–H and O–H groups in total. The number of fused-ring (bicyclic) bond motifs is 1. The van der Waals surface area contributed by atoms with Crippen LogP contribution in [-0.2, 0) is 20.9 Å². The summed E-state index contributed by atoms with van der Waals surface area (Å²) in [4.78, 5) is 39.7. The van der Waals surface area contributed by atoms with Gasteiger partial charge in [-0.15, -0.1) is 0 Å². The summed E-state index contributed by atoms with van der Waals surface area (Å²) in [7, 11) is 1.76. The first-order chi connectivity index (χ1) is 14.5. The van der Waals surface area contributed by atoms with Crippen molar-refractivity contribution >= 4 is 23.5 Å². The Kier molecular flexibility index (Phi) is 4.57. The number of amides is 2. The summed E-state index contributed by atoms with van der Waals surface area (Å²) in [5.74, 6) is -0.728. The smallest absolute Gasteiger partial charge is 0.310 e. The highest BCUT2D eigenvalue weighted by atomic mass is 16.6. The summed E-state index contributed by atoms with van der Waals surface area (Å²) in [5, 5.41) is 2.94. The summed E-state index contributed by atoms with van der Waals surface area (Å²) in [6.45, 7) is 0.506. The summed E-state index contributed by atoms with van der Waals surface area (Å²) in [6.07, 6.45) is 1.69. The summed E-state index contributed by atoms with van der Waals surface area (Å²) < 4.78 is 5.43. The molecule has 5 atom stereocenters. The van der Waals surface area contributed by atoms with Crippen LogP contribution in [0.1, 0.15) is 28.8 Å². The predicted molar refractivity (Wildman–Crippen MR) is 110 cm³/mol. The molecule has 3 aliphatic rings. The van der Waals surface area contributed by atoms with Gasteiger partial charge in [0.25, 0.3) is 5.91 Å². The normalized spacial score (nSPS) is 28.3. The van der Waals surface area contributed by atoms with Crippen LogP contribution in [-0.4, -0.2) is 35.8 Å². The lowest BCUT2D eigenvalue weighted by atomic mass is 9.79. The molecule has 6 nitrogen and oxygen atoms in total. The molecule has 2 saturated carbocycles. The molecule has 0 aromatic heterocycles. The quantitative estimate of drug-likeness (QED) is 0.777. The molecule has 1 aliphatic heterocycles. The van der Waals surface area contributed by atoms with Gasteiger partial charge in [0, 0.05) is 30.8 Å². The van der Waals surface area contributed by atoms with Gasteiger partial charge in [-0.1, -0.05) is 36.4 Å². The van der Waals surface area contributed by atoms with E-state index in [1.807, 2.05) is 30.3 Å². The Hall–Kier alpha value is -3.15. The number of benzene rings is 2. The van der Waals surface area contributed by atoms with Gasteiger partial charge in [-0.25, -0.2) is 0 Å². The Bertz CT molecular complexity index is 1000. The SMILES string of the molecule is CN(Cc1ccccc1)C(=O)c1cccc(NC(=O)C2C3CC4OC(=O)C2C4C3)c1. The van der Waals surface area contributed by atoms with Crippen LogP contribution < -0.4 is 5.32 Å². The van der Waals surface area contributed by atoms with E-state index in [2.05, 4.69) is 5.32 Å². The molecule has 2 bridgehead atoms. The van der Waals surface area contributed by atoms with Gasteiger partial charge in [-0.2, -0.15) is 0 Å². The summed E-state index contributed by atoms with van der Waals surface area (Å²) in [6, 6.07) is 16.8. The van der Waals surface area contributed by atoms with E-state index in [4.69, 9.17) is 4.74 Å². The Labute approximate surface area is 175 Å². The maximum absolute atomic E-state index is 13.0. The average Bonchev–Trinajstić information content (AvgIpc) is 3.37. The van der Waals surface area contributed by atoms with Gasteiger partial charge in [0.05, 0.1) is 11.8 Å². The lowest BCUT2D eigenvalue weighted by Gasteiger charge is -2.23. The molecule has 2 aromatic carbocycles. The first kappa shape index (κ1) is 18.9. The van der Waals surface area contributed by atoms with Gasteiger partial charge < -0.3 is 15.0 Å². The number of anilines is 1. The van der Waals surface area contributed by atoms with Gasteiger partial charge in [0.2, 0.25) is 5.91 Å². The van der Waals surface area contributed by atoms with Crippen LogP contribution >= 0.6 is 0 Å². The topological polar surface area (TPSA) is 75.7 Å². The highest BCUT2D eigenvalue weighted by Gasteiger charge is 2.63. The molecule has 154 valence electrons. The zero-order chi connectivity index (χ0) is 20.8. The van der Waals surface area contributed by atoms with Crippen molar-refractivity contribution in [3.8, 4) is 0 Å². The number of carbonyl (C=O) groups excluding carboxylic acids is 3. The minimum absolute atomic E-state index is 0.0117. The molecule has 5 unspecified atom stereocenters. The van der Waals surface area contributed by atoms with E-state index in [1.165, 1.54) is 0 Å². The third kappa shape index (κ3) is 3.16. The van der Waals surface area contributed by atoms with Gasteiger partial charge in [-0.3, -0.25) is 14.4 Å². The number of ether oxygens (including phenoxy) is 1. The second-order valence-corrected chi connectivity index (χ2v) is 8.64. The Balaban J connectivity index is 1.28. The lowest BCUT2D eigenvalue weighted by molar-refractivity contribution is -0.145. The molecule has 2 aromatic rings. The van der Waals surface area contributed by atoms with Gasteiger partial charge in [0.15, 0.2) is 0 Å². The van der Waals surface area contributed by atoms with Crippen molar-refractivity contribution in [3.05, 3.63) is 65.7 Å². The predicted octanol–water partition coefficient (Wildman–Crippen LogP) is 3.09. The van der Waals surface area contributed by atoms with Crippen molar-refractivity contribution in [2.45, 2.75) is 25.5 Å². The van der Waals surface area contributed by atoms with E-state index >= 15 is 0 Å². The Morgan fingerprint density at radius 3 is 2.70 bits per heavy atom. The van der Waals surface area contributed by atoms with Crippen molar-refractivity contribution in [1.29, 1.82) is 0 Å². The monoisotopic (exact) mass is 404 g/mol. The molecule has 30 heavy (non-hydrogen) atoms.